The minimum absolute atomic E-state index is 0.0181. The highest BCUT2D eigenvalue weighted by Crippen LogP contribution is 2.31. The third kappa shape index (κ3) is 5.86. The highest BCUT2D eigenvalue weighted by Gasteiger charge is 2.22. The third-order valence-corrected chi connectivity index (χ3v) is 6.41. The smallest absolute Gasteiger partial charge is 0.338 e. The quantitative estimate of drug-likeness (QED) is 0.249. The summed E-state index contributed by atoms with van der Waals surface area (Å²) in [6, 6.07) is 30.6. The summed E-state index contributed by atoms with van der Waals surface area (Å²) in [6.45, 7) is 0. The molecule has 1 aromatic heterocycles. The predicted molar refractivity (Wildman–Crippen MR) is 154 cm³/mol. The number of nitrogens with one attached hydrogen (secondary N) is 2. The maximum Gasteiger partial charge on any atom is 0.338 e. The van der Waals surface area contributed by atoms with Crippen molar-refractivity contribution in [1.29, 1.82) is 0 Å². The molecule has 0 radical (unpaired) electrons. The maximum atomic E-state index is 13.2. The summed E-state index contributed by atoms with van der Waals surface area (Å²) in [5.74, 6) is -1.10. The monoisotopic (exact) mass is 530 g/mol. The number of nitrogens with zero attached hydrogens (tertiary/aromatic N) is 2. The maximum absolute atomic E-state index is 13.2. The molecule has 0 spiro atoms. The van der Waals surface area contributed by atoms with Crippen molar-refractivity contribution in [3.05, 3.63) is 131 Å². The molecule has 8 nitrogen and oxygen atoms in total. The predicted octanol–water partition coefficient (Wildman–Crippen LogP) is 5.71. The van der Waals surface area contributed by atoms with Crippen molar-refractivity contribution < 1.29 is 19.1 Å². The van der Waals surface area contributed by atoms with Crippen molar-refractivity contribution in [2.75, 3.05) is 17.7 Å². The van der Waals surface area contributed by atoms with Gasteiger partial charge in [-0.15, -0.1) is 0 Å². The van der Waals surface area contributed by atoms with Crippen molar-refractivity contribution in [2.24, 2.45) is 0 Å². The number of hydrogen-bond acceptors (Lipinski definition) is 6. The van der Waals surface area contributed by atoms with Crippen LogP contribution in [0.15, 0.2) is 103 Å². The van der Waals surface area contributed by atoms with Crippen LogP contribution in [0.1, 0.15) is 42.2 Å². The number of anilines is 2. The van der Waals surface area contributed by atoms with E-state index < -0.39 is 17.8 Å². The number of ether oxygens (including phenoxy) is 1. The molecule has 0 aliphatic carbocycles. The van der Waals surface area contributed by atoms with Crippen LogP contribution in [0.5, 0.6) is 0 Å². The average molecular weight is 531 g/mol. The van der Waals surface area contributed by atoms with E-state index in [-0.39, 0.29) is 11.8 Å². The fourth-order valence-electron chi connectivity index (χ4n) is 4.45. The lowest BCUT2D eigenvalue weighted by Gasteiger charge is -2.16. The number of hydrogen-bond donors (Lipinski definition) is 2. The molecule has 0 aliphatic heterocycles. The van der Waals surface area contributed by atoms with E-state index in [0.29, 0.717) is 46.0 Å². The van der Waals surface area contributed by atoms with E-state index in [2.05, 4.69) is 20.6 Å². The van der Waals surface area contributed by atoms with Crippen molar-refractivity contribution in [1.82, 2.24) is 9.97 Å². The van der Waals surface area contributed by atoms with Gasteiger partial charge in [0.05, 0.1) is 18.2 Å². The van der Waals surface area contributed by atoms with Crippen LogP contribution >= 0.6 is 0 Å². The van der Waals surface area contributed by atoms with E-state index in [4.69, 9.17) is 4.74 Å². The second-order valence-corrected chi connectivity index (χ2v) is 9.00. The molecular weight excluding hydrogens is 504 g/mol. The van der Waals surface area contributed by atoms with E-state index in [9.17, 15) is 14.4 Å². The van der Waals surface area contributed by atoms with Crippen LogP contribution in [0.2, 0.25) is 0 Å². The van der Waals surface area contributed by atoms with Gasteiger partial charge in [-0.3, -0.25) is 14.9 Å². The molecule has 0 fully saturated rings. The lowest BCUT2D eigenvalue weighted by atomic mass is 9.95. The zero-order valence-electron chi connectivity index (χ0n) is 21.8. The standard InChI is InChI=1S/C32H26N4O4/c1-40-31(39)25-19-20-26-27(24(25)18-17-21-11-5-2-6-12-21)28(34-29(37)22-13-7-3-8-14-22)35-32(33-26)36-30(38)23-15-9-4-10-16-23/h2-16,19-20H,17-18H2,1H3,(H2,33,34,35,36,37,38). The first-order valence-electron chi connectivity index (χ1n) is 12.7. The Kier molecular flexibility index (Phi) is 7.87. The van der Waals surface area contributed by atoms with Crippen LogP contribution in [0, 0.1) is 0 Å². The van der Waals surface area contributed by atoms with E-state index >= 15 is 0 Å². The zero-order valence-corrected chi connectivity index (χ0v) is 21.8. The normalized spacial score (nSPS) is 10.6. The Morgan fingerprint density at radius 3 is 1.85 bits per heavy atom. The SMILES string of the molecule is COC(=O)c1ccc2nc(NC(=O)c3ccccc3)nc(NC(=O)c3ccccc3)c2c1CCc1ccccc1. The summed E-state index contributed by atoms with van der Waals surface area (Å²) in [5, 5.41) is 6.11. The van der Waals surface area contributed by atoms with Crippen molar-refractivity contribution in [2.45, 2.75) is 12.8 Å². The fraction of sp³-hybridized carbons (Fsp3) is 0.0938. The number of fused-ring (bicyclic) bond motifs is 1. The van der Waals surface area contributed by atoms with Crippen LogP contribution in [0.4, 0.5) is 11.8 Å². The van der Waals surface area contributed by atoms with E-state index in [0.717, 1.165) is 5.56 Å². The van der Waals surface area contributed by atoms with Gasteiger partial charge in [-0.2, -0.15) is 4.98 Å². The minimum atomic E-state index is -0.508. The lowest BCUT2D eigenvalue weighted by Crippen LogP contribution is -2.18. The Balaban J connectivity index is 1.63. The highest BCUT2D eigenvalue weighted by atomic mass is 16.5. The molecule has 8 heteroatoms. The molecule has 1 heterocycles. The van der Waals surface area contributed by atoms with Gasteiger partial charge >= 0.3 is 5.97 Å². The van der Waals surface area contributed by atoms with Gasteiger partial charge in [-0.05, 0) is 60.4 Å². The Bertz CT molecular complexity index is 1670. The van der Waals surface area contributed by atoms with Crippen LogP contribution in [-0.4, -0.2) is 34.9 Å². The van der Waals surface area contributed by atoms with Gasteiger partial charge in [0.25, 0.3) is 11.8 Å². The molecule has 0 aliphatic rings. The van der Waals surface area contributed by atoms with Crippen molar-refractivity contribution >= 4 is 40.5 Å². The Labute approximate surface area is 231 Å². The van der Waals surface area contributed by atoms with Gasteiger partial charge in [0, 0.05) is 16.5 Å². The summed E-state index contributed by atoms with van der Waals surface area (Å²) in [5.41, 5.74) is 3.39. The first-order valence-corrected chi connectivity index (χ1v) is 12.7. The van der Waals surface area contributed by atoms with Crippen LogP contribution in [0.25, 0.3) is 10.9 Å². The molecule has 2 N–H and O–H groups in total. The topological polar surface area (TPSA) is 110 Å². The second kappa shape index (κ2) is 12.0. The Hall–Kier alpha value is -5.37. The molecule has 4 aromatic carbocycles. The first kappa shape index (κ1) is 26.2. The van der Waals surface area contributed by atoms with Gasteiger partial charge < -0.3 is 10.1 Å². The Morgan fingerprint density at radius 2 is 1.25 bits per heavy atom. The number of carbonyl (C=O) groups excluding carboxylic acids is 3. The second-order valence-electron chi connectivity index (χ2n) is 9.00. The molecule has 198 valence electrons. The van der Waals surface area contributed by atoms with Gasteiger partial charge in [0.15, 0.2) is 0 Å². The summed E-state index contributed by atoms with van der Waals surface area (Å²) >= 11 is 0. The van der Waals surface area contributed by atoms with E-state index in [1.54, 1.807) is 60.7 Å². The summed E-state index contributed by atoms with van der Waals surface area (Å²) in [4.78, 5) is 48.0. The molecule has 0 unspecified atom stereocenters. The molecule has 40 heavy (non-hydrogen) atoms. The molecular formula is C32H26N4O4. The van der Waals surface area contributed by atoms with Gasteiger partial charge in [-0.25, -0.2) is 9.78 Å². The largest absolute Gasteiger partial charge is 0.465 e. The first-order chi connectivity index (χ1) is 19.5. The number of aromatic nitrogens is 2. The van der Waals surface area contributed by atoms with Gasteiger partial charge in [0.1, 0.15) is 5.82 Å². The molecule has 0 atom stereocenters. The van der Waals surface area contributed by atoms with Crippen molar-refractivity contribution in [3.8, 4) is 0 Å². The van der Waals surface area contributed by atoms with Crippen LogP contribution in [-0.2, 0) is 17.6 Å². The summed E-state index contributed by atoms with van der Waals surface area (Å²) in [7, 11) is 1.32. The average Bonchev–Trinajstić information content (AvgIpc) is 3.00. The van der Waals surface area contributed by atoms with Crippen molar-refractivity contribution in [3.63, 3.8) is 0 Å². The summed E-state index contributed by atoms with van der Waals surface area (Å²) < 4.78 is 5.07. The minimum Gasteiger partial charge on any atom is -0.465 e. The highest BCUT2D eigenvalue weighted by molar-refractivity contribution is 6.11. The third-order valence-electron chi connectivity index (χ3n) is 6.41. The molecule has 0 saturated carbocycles. The summed E-state index contributed by atoms with van der Waals surface area (Å²) in [6.07, 6.45) is 1.08. The lowest BCUT2D eigenvalue weighted by molar-refractivity contribution is 0.0599. The number of methoxy groups -OCH3 is 1. The number of rotatable bonds is 8. The van der Waals surface area contributed by atoms with Gasteiger partial charge in [-0.1, -0.05) is 66.7 Å². The zero-order chi connectivity index (χ0) is 27.9. The number of aryl methyl sites for hydroxylation is 2. The van der Waals surface area contributed by atoms with Crippen LogP contribution in [0.3, 0.4) is 0 Å². The molecule has 5 rings (SSSR count). The van der Waals surface area contributed by atoms with E-state index in [1.165, 1.54) is 7.11 Å². The van der Waals surface area contributed by atoms with Crippen LogP contribution < -0.4 is 10.6 Å². The van der Waals surface area contributed by atoms with E-state index in [1.807, 2.05) is 42.5 Å². The number of amides is 2. The molecule has 5 aromatic rings. The van der Waals surface area contributed by atoms with Gasteiger partial charge in [0.2, 0.25) is 5.95 Å². The molecule has 2 amide bonds. The number of carbonyl (C=O) groups is 3. The fourth-order valence-corrected chi connectivity index (χ4v) is 4.45. The Morgan fingerprint density at radius 1 is 0.675 bits per heavy atom. The number of esters is 1. The number of benzene rings is 4. The molecule has 0 bridgehead atoms. The molecule has 0 saturated heterocycles.